The van der Waals surface area contributed by atoms with Crippen molar-refractivity contribution in [3.63, 3.8) is 0 Å². The third kappa shape index (κ3) is 3.25. The average Bonchev–Trinajstić information content (AvgIpc) is 2.16. The zero-order valence-corrected chi connectivity index (χ0v) is 9.05. The van der Waals surface area contributed by atoms with Gasteiger partial charge in [0.25, 0.3) is 0 Å². The Balaban J connectivity index is 2.40. The van der Waals surface area contributed by atoms with Crippen molar-refractivity contribution in [3.05, 3.63) is 0 Å². The second-order valence-corrected chi connectivity index (χ2v) is 5.73. The van der Waals surface area contributed by atoms with Crippen LogP contribution in [-0.2, 0) is 9.84 Å². The van der Waals surface area contributed by atoms with Gasteiger partial charge in [0.05, 0.1) is 17.6 Å². The summed E-state index contributed by atoms with van der Waals surface area (Å²) in [7, 11) is -1.08. The van der Waals surface area contributed by atoms with Crippen molar-refractivity contribution in [2.75, 3.05) is 38.2 Å². The van der Waals surface area contributed by atoms with E-state index in [1.807, 2.05) is 4.90 Å². The molecule has 0 saturated carbocycles. The van der Waals surface area contributed by atoms with Gasteiger partial charge in [0.1, 0.15) is 6.04 Å². The lowest BCUT2D eigenvalue weighted by molar-refractivity contribution is 0.281. The summed E-state index contributed by atoms with van der Waals surface area (Å²) in [5.74, 6) is 0.434. The zero-order valence-electron chi connectivity index (χ0n) is 8.23. The molecule has 0 radical (unpaired) electrons. The Morgan fingerprint density at radius 3 is 2.50 bits per heavy atom. The number of nitriles is 1. The molecule has 0 bridgehead atoms. The lowest BCUT2D eigenvalue weighted by Crippen LogP contribution is -2.46. The van der Waals surface area contributed by atoms with E-state index in [1.54, 1.807) is 7.05 Å². The Hall–Kier alpha value is -0.640. The van der Waals surface area contributed by atoms with Crippen LogP contribution >= 0.6 is 0 Å². The first-order valence-corrected chi connectivity index (χ1v) is 6.39. The van der Waals surface area contributed by atoms with Gasteiger partial charge in [0.15, 0.2) is 9.84 Å². The van der Waals surface area contributed by atoms with Crippen LogP contribution in [0.1, 0.15) is 0 Å². The molecule has 14 heavy (non-hydrogen) atoms. The van der Waals surface area contributed by atoms with E-state index in [-0.39, 0.29) is 17.5 Å². The van der Waals surface area contributed by atoms with Crippen LogP contribution in [0.5, 0.6) is 0 Å². The molecule has 0 amide bonds. The predicted molar refractivity (Wildman–Crippen MR) is 53.6 cm³/mol. The molecule has 5 nitrogen and oxygen atoms in total. The van der Waals surface area contributed by atoms with Gasteiger partial charge in [-0.15, -0.1) is 0 Å². The highest BCUT2D eigenvalue weighted by Gasteiger charge is 2.22. The summed E-state index contributed by atoms with van der Waals surface area (Å²) in [5.41, 5.74) is 0. The van der Waals surface area contributed by atoms with Crippen molar-refractivity contribution in [3.8, 4) is 6.07 Å². The Labute approximate surface area is 84.6 Å². The smallest absolute Gasteiger partial charge is 0.152 e. The molecule has 80 valence electrons. The molecular formula is C8H15N3O2S. The van der Waals surface area contributed by atoms with Crippen molar-refractivity contribution in [2.45, 2.75) is 6.04 Å². The molecule has 1 aliphatic rings. The van der Waals surface area contributed by atoms with Crippen LogP contribution in [0.4, 0.5) is 0 Å². The molecule has 1 saturated heterocycles. The molecule has 1 aliphatic heterocycles. The van der Waals surface area contributed by atoms with Crippen molar-refractivity contribution in [1.29, 1.82) is 5.26 Å². The zero-order chi connectivity index (χ0) is 10.6. The molecule has 0 spiro atoms. The highest BCUT2D eigenvalue weighted by molar-refractivity contribution is 7.91. The summed E-state index contributed by atoms with van der Waals surface area (Å²) in [6.45, 7) is 1.69. The van der Waals surface area contributed by atoms with E-state index < -0.39 is 9.84 Å². The topological polar surface area (TPSA) is 73.2 Å². The minimum absolute atomic E-state index is 0.212. The number of likely N-dealkylation sites (N-methyl/N-ethyl adjacent to an activating group) is 1. The number of nitrogens with one attached hydrogen (secondary N) is 1. The van der Waals surface area contributed by atoms with E-state index >= 15 is 0 Å². The van der Waals surface area contributed by atoms with Crippen LogP contribution in [0.2, 0.25) is 0 Å². The van der Waals surface area contributed by atoms with E-state index in [9.17, 15) is 8.42 Å². The minimum Gasteiger partial charge on any atom is -0.304 e. The van der Waals surface area contributed by atoms with Gasteiger partial charge in [-0.2, -0.15) is 5.26 Å². The molecule has 1 atom stereocenters. The van der Waals surface area contributed by atoms with Crippen molar-refractivity contribution < 1.29 is 8.42 Å². The van der Waals surface area contributed by atoms with Gasteiger partial charge >= 0.3 is 0 Å². The first-order chi connectivity index (χ1) is 6.57. The molecule has 1 N–H and O–H groups in total. The van der Waals surface area contributed by atoms with Crippen molar-refractivity contribution >= 4 is 9.84 Å². The van der Waals surface area contributed by atoms with E-state index in [0.717, 1.165) is 0 Å². The first-order valence-electron chi connectivity index (χ1n) is 4.57. The number of hydrogen-bond donors (Lipinski definition) is 1. The van der Waals surface area contributed by atoms with Crippen LogP contribution in [0, 0.1) is 11.3 Å². The largest absolute Gasteiger partial charge is 0.304 e. The maximum absolute atomic E-state index is 11.1. The van der Waals surface area contributed by atoms with Crippen LogP contribution in [-0.4, -0.2) is 57.5 Å². The average molecular weight is 217 g/mol. The second-order valence-electron chi connectivity index (χ2n) is 3.42. The number of sulfone groups is 1. The van der Waals surface area contributed by atoms with Gasteiger partial charge in [-0.25, -0.2) is 8.42 Å². The van der Waals surface area contributed by atoms with Crippen LogP contribution in [0.25, 0.3) is 0 Å². The Kier molecular flexibility index (Phi) is 3.86. The number of rotatable bonds is 3. The standard InChI is InChI=1S/C8H15N3O2S/c1-10-8(6-9)7-11-2-4-14(12,13)5-3-11/h8,10H,2-5,7H2,1H3. The molecule has 1 unspecified atom stereocenters. The lowest BCUT2D eigenvalue weighted by Gasteiger charge is -2.27. The van der Waals surface area contributed by atoms with Crippen molar-refractivity contribution in [1.82, 2.24) is 10.2 Å². The summed E-state index contributed by atoms with van der Waals surface area (Å²) in [6, 6.07) is 1.91. The predicted octanol–water partition coefficient (Wildman–Crippen LogP) is -1.17. The van der Waals surface area contributed by atoms with Crippen LogP contribution < -0.4 is 5.32 Å². The van der Waals surface area contributed by atoms with Gasteiger partial charge in [-0.1, -0.05) is 0 Å². The summed E-state index contributed by atoms with van der Waals surface area (Å²) >= 11 is 0. The first kappa shape index (κ1) is 11.4. The fraction of sp³-hybridized carbons (Fsp3) is 0.875. The molecular weight excluding hydrogens is 202 g/mol. The summed E-state index contributed by atoms with van der Waals surface area (Å²) in [5, 5.41) is 11.6. The molecule has 0 aromatic heterocycles. The third-order valence-corrected chi connectivity index (χ3v) is 3.99. The molecule has 0 aromatic carbocycles. The van der Waals surface area contributed by atoms with Gasteiger partial charge in [0.2, 0.25) is 0 Å². The summed E-state index contributed by atoms with van der Waals surface area (Å²) < 4.78 is 22.2. The fourth-order valence-electron chi connectivity index (χ4n) is 1.39. The SMILES string of the molecule is CNC(C#N)CN1CCS(=O)(=O)CC1. The van der Waals surface area contributed by atoms with Gasteiger partial charge in [-0.3, -0.25) is 4.90 Å². The molecule has 6 heteroatoms. The molecule has 0 aliphatic carbocycles. The van der Waals surface area contributed by atoms with Gasteiger partial charge < -0.3 is 5.32 Å². The monoisotopic (exact) mass is 217 g/mol. The van der Waals surface area contributed by atoms with Crippen molar-refractivity contribution in [2.24, 2.45) is 0 Å². The number of nitrogens with zero attached hydrogens (tertiary/aromatic N) is 2. The Morgan fingerprint density at radius 2 is 2.07 bits per heavy atom. The maximum atomic E-state index is 11.1. The van der Waals surface area contributed by atoms with Crippen LogP contribution in [0.3, 0.4) is 0 Å². The minimum atomic E-state index is -2.81. The Morgan fingerprint density at radius 1 is 1.50 bits per heavy atom. The lowest BCUT2D eigenvalue weighted by atomic mass is 10.3. The second kappa shape index (κ2) is 4.73. The molecule has 1 rings (SSSR count). The van der Waals surface area contributed by atoms with Gasteiger partial charge in [-0.05, 0) is 7.05 Å². The van der Waals surface area contributed by atoms with E-state index in [0.29, 0.717) is 19.6 Å². The van der Waals surface area contributed by atoms with E-state index in [2.05, 4.69) is 11.4 Å². The highest BCUT2D eigenvalue weighted by Crippen LogP contribution is 2.03. The van der Waals surface area contributed by atoms with E-state index in [4.69, 9.17) is 5.26 Å². The maximum Gasteiger partial charge on any atom is 0.152 e. The molecule has 1 heterocycles. The number of hydrogen-bond acceptors (Lipinski definition) is 5. The normalized spacial score (nSPS) is 24.0. The fourth-order valence-corrected chi connectivity index (χ4v) is 2.66. The third-order valence-electron chi connectivity index (χ3n) is 2.38. The summed E-state index contributed by atoms with van der Waals surface area (Å²) in [6.07, 6.45) is 0. The molecule has 1 fully saturated rings. The quantitative estimate of drug-likeness (QED) is 0.645. The van der Waals surface area contributed by atoms with E-state index in [1.165, 1.54) is 0 Å². The Bertz CT molecular complexity index is 306. The highest BCUT2D eigenvalue weighted by atomic mass is 32.2. The summed E-state index contributed by atoms with van der Waals surface area (Å²) in [4.78, 5) is 2.01. The molecule has 0 aromatic rings. The van der Waals surface area contributed by atoms with Crippen LogP contribution in [0.15, 0.2) is 0 Å². The van der Waals surface area contributed by atoms with Gasteiger partial charge in [0, 0.05) is 19.6 Å².